The standard InChI is InChI=1S/C22H17Cl3F6N2O2/c1-11(19(34)32-10-21(26,27)28)33-20(35)13-5-2-12(3-6-13)4-7-15(22(29,30)31)14-8-16(23)18(25)17(24)9-14/h2-9,11,15H,10H2,1H3,(H,32,34)(H,33,35)/t11-,15?/m1/s1. The maximum absolute atomic E-state index is 13.6. The van der Waals surface area contributed by atoms with Crippen molar-refractivity contribution in [2.75, 3.05) is 6.54 Å². The molecule has 0 spiro atoms. The molecule has 2 amide bonds. The Morgan fingerprint density at radius 1 is 0.971 bits per heavy atom. The molecule has 13 heteroatoms. The molecular formula is C22H17Cl3F6N2O2. The van der Waals surface area contributed by atoms with Crippen molar-refractivity contribution >= 4 is 52.7 Å². The van der Waals surface area contributed by atoms with Crippen molar-refractivity contribution in [1.82, 2.24) is 10.6 Å². The fourth-order valence-corrected chi connectivity index (χ4v) is 3.42. The minimum atomic E-state index is -4.67. The van der Waals surface area contributed by atoms with E-state index in [1.54, 1.807) is 5.32 Å². The SMILES string of the molecule is C[C@@H](NC(=O)c1ccc(C=CC(c2cc(Cl)c(Cl)c(Cl)c2)C(F)(F)F)cc1)C(=O)NCC(F)(F)F. The molecule has 2 aromatic carbocycles. The second-order valence-electron chi connectivity index (χ2n) is 7.33. The minimum Gasteiger partial charge on any atom is -0.345 e. The van der Waals surface area contributed by atoms with Gasteiger partial charge in [0.05, 0.1) is 21.0 Å². The highest BCUT2D eigenvalue weighted by atomic mass is 35.5. The lowest BCUT2D eigenvalue weighted by Crippen LogP contribution is -2.47. The van der Waals surface area contributed by atoms with E-state index < -0.39 is 42.7 Å². The molecular weight excluding hydrogens is 545 g/mol. The maximum Gasteiger partial charge on any atom is 0.405 e. The Labute approximate surface area is 211 Å². The zero-order valence-electron chi connectivity index (χ0n) is 17.7. The largest absolute Gasteiger partial charge is 0.405 e. The topological polar surface area (TPSA) is 58.2 Å². The maximum atomic E-state index is 13.6. The second-order valence-corrected chi connectivity index (χ2v) is 8.52. The second kappa shape index (κ2) is 11.5. The van der Waals surface area contributed by atoms with Crippen molar-refractivity contribution in [3.05, 3.63) is 74.2 Å². The van der Waals surface area contributed by atoms with Gasteiger partial charge in [-0.2, -0.15) is 26.3 Å². The van der Waals surface area contributed by atoms with Crippen LogP contribution in [0, 0.1) is 0 Å². The van der Waals surface area contributed by atoms with Crippen molar-refractivity contribution in [2.24, 2.45) is 0 Å². The highest BCUT2D eigenvalue weighted by molar-refractivity contribution is 6.48. The summed E-state index contributed by atoms with van der Waals surface area (Å²) in [6, 6.07) is 6.16. The van der Waals surface area contributed by atoms with Crippen LogP contribution < -0.4 is 10.6 Å². The van der Waals surface area contributed by atoms with E-state index in [0.29, 0.717) is 5.56 Å². The summed E-state index contributed by atoms with van der Waals surface area (Å²) in [5.74, 6) is -3.83. The zero-order chi connectivity index (χ0) is 26.6. The van der Waals surface area contributed by atoms with Crippen LogP contribution in [0.1, 0.15) is 34.3 Å². The van der Waals surface area contributed by atoms with Crippen molar-refractivity contribution in [1.29, 1.82) is 0 Å². The van der Waals surface area contributed by atoms with Crippen molar-refractivity contribution in [3.8, 4) is 0 Å². The third-order valence-electron chi connectivity index (χ3n) is 4.58. The number of hydrogen-bond acceptors (Lipinski definition) is 2. The van der Waals surface area contributed by atoms with Gasteiger partial charge in [-0.25, -0.2) is 0 Å². The van der Waals surface area contributed by atoms with E-state index in [2.05, 4.69) is 5.32 Å². The lowest BCUT2D eigenvalue weighted by molar-refractivity contribution is -0.139. The summed E-state index contributed by atoms with van der Waals surface area (Å²) in [4.78, 5) is 23.9. The van der Waals surface area contributed by atoms with Gasteiger partial charge in [0.1, 0.15) is 12.6 Å². The minimum absolute atomic E-state index is 0.0428. The summed E-state index contributed by atoms with van der Waals surface area (Å²) in [5.41, 5.74) is 0.140. The Balaban J connectivity index is 2.11. The van der Waals surface area contributed by atoms with Crippen LogP contribution in [-0.2, 0) is 4.79 Å². The molecule has 2 N–H and O–H groups in total. The van der Waals surface area contributed by atoms with E-state index in [0.717, 1.165) is 18.2 Å². The molecule has 0 heterocycles. The number of benzene rings is 2. The molecule has 0 aliphatic carbocycles. The Kier molecular flexibility index (Phi) is 9.49. The molecule has 0 saturated heterocycles. The van der Waals surface area contributed by atoms with Gasteiger partial charge < -0.3 is 10.6 Å². The first-order valence-corrected chi connectivity index (χ1v) is 10.9. The fourth-order valence-electron chi connectivity index (χ4n) is 2.80. The van der Waals surface area contributed by atoms with Gasteiger partial charge >= 0.3 is 12.4 Å². The highest BCUT2D eigenvalue weighted by Crippen LogP contribution is 2.41. The average molecular weight is 562 g/mol. The molecule has 0 fully saturated rings. The van der Waals surface area contributed by atoms with Gasteiger partial charge in [0.2, 0.25) is 5.91 Å². The van der Waals surface area contributed by atoms with Crippen LogP contribution in [0.4, 0.5) is 26.3 Å². The number of allylic oxidation sites excluding steroid dienone is 1. The van der Waals surface area contributed by atoms with Gasteiger partial charge in [-0.05, 0) is 42.3 Å². The van der Waals surface area contributed by atoms with Gasteiger partial charge in [-0.3, -0.25) is 9.59 Å². The molecule has 190 valence electrons. The molecule has 4 nitrogen and oxygen atoms in total. The smallest absolute Gasteiger partial charge is 0.345 e. The normalized spacial score (nSPS) is 14.0. The zero-order valence-corrected chi connectivity index (χ0v) is 20.0. The number of halogens is 9. The average Bonchev–Trinajstić information content (AvgIpc) is 2.74. The van der Waals surface area contributed by atoms with Crippen LogP contribution in [0.15, 0.2) is 42.5 Å². The number of amides is 2. The lowest BCUT2D eigenvalue weighted by Gasteiger charge is -2.18. The van der Waals surface area contributed by atoms with Gasteiger partial charge in [0, 0.05) is 5.56 Å². The molecule has 0 aliphatic heterocycles. The molecule has 0 saturated carbocycles. The Hall–Kier alpha value is -2.43. The van der Waals surface area contributed by atoms with Crippen LogP contribution in [0.2, 0.25) is 15.1 Å². The quantitative estimate of drug-likeness (QED) is 0.289. The van der Waals surface area contributed by atoms with Crippen molar-refractivity contribution < 1.29 is 35.9 Å². The molecule has 2 rings (SSSR count). The number of carbonyl (C=O) groups is 2. The van der Waals surface area contributed by atoms with Crippen molar-refractivity contribution in [2.45, 2.75) is 31.2 Å². The third-order valence-corrected chi connectivity index (χ3v) is 5.77. The van der Waals surface area contributed by atoms with E-state index in [9.17, 15) is 35.9 Å². The summed E-state index contributed by atoms with van der Waals surface area (Å²) in [5, 5.41) is 3.56. The Bertz CT molecular complexity index is 1080. The van der Waals surface area contributed by atoms with Gasteiger partial charge in [-0.1, -0.05) is 59.1 Å². The molecule has 35 heavy (non-hydrogen) atoms. The molecule has 0 aliphatic rings. The molecule has 0 radical (unpaired) electrons. The van der Waals surface area contributed by atoms with E-state index >= 15 is 0 Å². The molecule has 1 unspecified atom stereocenters. The van der Waals surface area contributed by atoms with Gasteiger partial charge in [0.25, 0.3) is 5.91 Å². The van der Waals surface area contributed by atoms with E-state index in [-0.39, 0.29) is 26.2 Å². The molecule has 2 aromatic rings. The van der Waals surface area contributed by atoms with E-state index in [1.165, 1.54) is 37.3 Å². The Morgan fingerprint density at radius 3 is 2.00 bits per heavy atom. The lowest BCUT2D eigenvalue weighted by atomic mass is 9.97. The Morgan fingerprint density at radius 2 is 1.51 bits per heavy atom. The first kappa shape index (κ1) is 28.8. The van der Waals surface area contributed by atoms with Crippen LogP contribution in [-0.4, -0.2) is 36.8 Å². The first-order valence-electron chi connectivity index (χ1n) is 9.73. The molecule has 2 atom stereocenters. The summed E-state index contributed by atoms with van der Waals surface area (Å²) in [6.07, 6.45) is -7.19. The number of hydrogen-bond donors (Lipinski definition) is 2. The first-order chi connectivity index (χ1) is 16.1. The number of carbonyl (C=O) groups excluding carboxylic acids is 2. The molecule has 0 aromatic heterocycles. The highest BCUT2D eigenvalue weighted by Gasteiger charge is 2.39. The van der Waals surface area contributed by atoms with E-state index in [4.69, 9.17) is 34.8 Å². The van der Waals surface area contributed by atoms with Crippen molar-refractivity contribution in [3.63, 3.8) is 0 Å². The number of nitrogens with one attached hydrogen (secondary N) is 2. The summed E-state index contributed by atoms with van der Waals surface area (Å²) >= 11 is 17.5. The van der Waals surface area contributed by atoms with Gasteiger partial charge in [0.15, 0.2) is 0 Å². The van der Waals surface area contributed by atoms with Crippen LogP contribution >= 0.6 is 34.8 Å². The number of alkyl halides is 6. The summed E-state index contributed by atoms with van der Waals surface area (Å²) in [7, 11) is 0. The van der Waals surface area contributed by atoms with E-state index in [1.807, 2.05) is 0 Å². The summed E-state index contributed by atoms with van der Waals surface area (Å²) < 4.78 is 77.4. The van der Waals surface area contributed by atoms with Crippen LogP contribution in [0.3, 0.4) is 0 Å². The monoisotopic (exact) mass is 560 g/mol. The number of rotatable bonds is 7. The summed E-state index contributed by atoms with van der Waals surface area (Å²) in [6.45, 7) is -0.340. The predicted octanol–water partition coefficient (Wildman–Crippen LogP) is 6.80. The molecule has 0 bridgehead atoms. The van der Waals surface area contributed by atoms with Gasteiger partial charge in [-0.15, -0.1) is 0 Å². The predicted molar refractivity (Wildman–Crippen MR) is 122 cm³/mol. The van der Waals surface area contributed by atoms with Crippen LogP contribution in [0.5, 0.6) is 0 Å². The fraction of sp³-hybridized carbons (Fsp3) is 0.273. The van der Waals surface area contributed by atoms with Crippen LogP contribution in [0.25, 0.3) is 6.08 Å². The third kappa shape index (κ3) is 8.63.